The van der Waals surface area contributed by atoms with Gasteiger partial charge in [-0.3, -0.25) is 77.3 Å². The average Bonchev–Trinajstić information content (AvgIpc) is 1.67. The lowest BCUT2D eigenvalue weighted by atomic mass is 10.0. The quantitative estimate of drug-likeness (QED) is 0.0228. The van der Waals surface area contributed by atoms with Gasteiger partial charge in [-0.15, -0.1) is 0 Å². The molecule has 0 bridgehead atoms. The van der Waals surface area contributed by atoms with Gasteiger partial charge in [-0.1, -0.05) is 51.0 Å². The van der Waals surface area contributed by atoms with Crippen molar-refractivity contribution in [1.82, 2.24) is 40.9 Å². The third kappa shape index (κ3) is 18.2. The molecule has 6 aliphatic heterocycles. The van der Waals surface area contributed by atoms with Crippen LogP contribution < -0.4 is 50.8 Å². The van der Waals surface area contributed by atoms with Crippen LogP contribution in [0.15, 0.2) is 119 Å². The first-order valence-corrected chi connectivity index (χ1v) is 33.5. The van der Waals surface area contributed by atoms with Gasteiger partial charge in [-0.05, 0) is 97.2 Å². The van der Waals surface area contributed by atoms with E-state index < -0.39 is 35.7 Å². The van der Waals surface area contributed by atoms with E-state index in [2.05, 4.69) is 31.9 Å². The molecule has 101 heavy (non-hydrogen) atoms. The third-order valence-electron chi connectivity index (χ3n) is 17.6. The highest BCUT2D eigenvalue weighted by Gasteiger charge is 2.36. The number of fused-ring (bicyclic) bond motifs is 4. The number of hydrogen-bond acceptors (Lipinski definition) is 18. The highest BCUT2D eigenvalue weighted by atomic mass is 16.5. The Morgan fingerprint density at radius 3 is 1.42 bits per heavy atom. The molecular formula is C73H80N12O16. The molecule has 0 fully saturated rings. The van der Waals surface area contributed by atoms with Crippen molar-refractivity contribution in [3.8, 4) is 23.0 Å². The molecule has 6 heterocycles. The van der Waals surface area contributed by atoms with Gasteiger partial charge in [-0.2, -0.15) is 0 Å². The third-order valence-corrected chi connectivity index (χ3v) is 17.6. The number of nitrogens with one attached hydrogen (secondary N) is 6. The molecule has 4 atom stereocenters. The van der Waals surface area contributed by atoms with Crippen LogP contribution in [0.3, 0.4) is 0 Å². The summed E-state index contributed by atoms with van der Waals surface area (Å²) in [4.78, 5) is 167. The summed E-state index contributed by atoms with van der Waals surface area (Å²) in [6.45, 7) is 5.39. The summed E-state index contributed by atoms with van der Waals surface area (Å²) in [6.07, 6.45) is 16.9. The average molecular weight is 1380 g/mol. The van der Waals surface area contributed by atoms with E-state index in [1.807, 2.05) is 24.3 Å². The molecular weight excluding hydrogens is 1300 g/mol. The molecule has 12 amide bonds. The van der Waals surface area contributed by atoms with E-state index >= 15 is 0 Å². The minimum absolute atomic E-state index is 0.153. The van der Waals surface area contributed by atoms with Gasteiger partial charge in [-0.25, -0.2) is 0 Å². The molecule has 0 aromatic heterocycles. The molecule has 0 spiro atoms. The Hall–Kier alpha value is -11.6. The van der Waals surface area contributed by atoms with Gasteiger partial charge in [0.15, 0.2) is 23.0 Å². The fraction of sp³-hybridized carbons (Fsp3) is 0.370. The number of benzene rings is 4. The number of methoxy groups -OCH3 is 2. The smallest absolute Gasteiger partial charge is 0.260 e. The van der Waals surface area contributed by atoms with Gasteiger partial charge < -0.3 is 60.6 Å². The number of imide groups is 2. The zero-order valence-corrected chi connectivity index (χ0v) is 56.7. The summed E-state index contributed by atoms with van der Waals surface area (Å²) in [5, 5.41) is 16.1. The van der Waals surface area contributed by atoms with Crippen molar-refractivity contribution in [2.24, 2.45) is 15.9 Å². The number of anilines is 2. The molecule has 2 unspecified atom stereocenters. The van der Waals surface area contributed by atoms with Crippen molar-refractivity contribution in [3.05, 3.63) is 132 Å². The summed E-state index contributed by atoms with van der Waals surface area (Å²) in [5.74, 6) is -3.47. The number of carbonyl (C=O) groups excluding carboxylic acids is 12. The topological polar surface area (TPSA) is 352 Å². The normalized spacial score (nSPS) is 16.9. The van der Waals surface area contributed by atoms with E-state index in [1.54, 1.807) is 97.0 Å². The molecule has 28 heteroatoms. The Morgan fingerprint density at radius 2 is 0.950 bits per heavy atom. The van der Waals surface area contributed by atoms with E-state index in [1.165, 1.54) is 45.4 Å². The first kappa shape index (κ1) is 72.2. The second-order valence-corrected chi connectivity index (χ2v) is 25.1. The standard InChI is InChI=1S/C73H80N12O16/c1-43(2)69(81-62(87)14-9-7-11-28-83-67(92)25-26-68(83)93)71(95)77-40-64(89)79-49-19-15-45(16-20-49)47-31-51-37-74-55-35-59(57(98-4)33-53(55)72(96)84(51)41-47)100-29-12-30-101-60-36-56-54(34-58(60)99-5)73(97)85-42-48(32-52(85)38-75-56)46-17-21-50(22-18-46)80-70(94)44(3)78-63(88)39-76-61(86)13-8-6-10-27-82-65(90)23-24-66(82)91/h15-26,33-38,41-44,51-52,69H,6-14,27-32,39-40H2,1-5H3,(H,76,86)(H,77,95)(H,78,88)(H,79,89)(H,80,94)(H,81,87)/t44-,51?,52-,69?/m0/s1. The van der Waals surface area contributed by atoms with Crippen LogP contribution in [0.5, 0.6) is 23.0 Å². The molecule has 28 nitrogen and oxygen atoms in total. The molecule has 528 valence electrons. The van der Waals surface area contributed by atoms with Crippen LogP contribution in [0.4, 0.5) is 22.7 Å². The fourth-order valence-electron chi connectivity index (χ4n) is 12.0. The minimum atomic E-state index is -0.919. The summed E-state index contributed by atoms with van der Waals surface area (Å²) < 4.78 is 23.8. The lowest BCUT2D eigenvalue weighted by Crippen LogP contribution is -2.51. The van der Waals surface area contributed by atoms with Gasteiger partial charge in [0.2, 0.25) is 35.4 Å². The zero-order chi connectivity index (χ0) is 71.9. The summed E-state index contributed by atoms with van der Waals surface area (Å²) in [5.41, 5.74) is 5.80. The minimum Gasteiger partial charge on any atom is -0.493 e. The van der Waals surface area contributed by atoms with E-state index in [0.29, 0.717) is 115 Å². The Morgan fingerprint density at radius 1 is 0.495 bits per heavy atom. The largest absolute Gasteiger partial charge is 0.493 e. The highest BCUT2D eigenvalue weighted by Crippen LogP contribution is 2.42. The van der Waals surface area contributed by atoms with Crippen molar-refractivity contribution in [3.63, 3.8) is 0 Å². The highest BCUT2D eigenvalue weighted by molar-refractivity contribution is 6.14. The molecule has 6 aliphatic rings. The van der Waals surface area contributed by atoms with Gasteiger partial charge in [0.25, 0.3) is 35.4 Å². The van der Waals surface area contributed by atoms with Gasteiger partial charge in [0, 0.05) is 118 Å². The molecule has 0 radical (unpaired) electrons. The summed E-state index contributed by atoms with van der Waals surface area (Å²) in [7, 11) is 2.96. The van der Waals surface area contributed by atoms with Crippen LogP contribution in [-0.4, -0.2) is 181 Å². The monoisotopic (exact) mass is 1380 g/mol. The SMILES string of the molecule is COc1cc2c(cc1OCCCOc1cc3c(cc1OC)C(=O)N1C=C(c4ccc(NC(=O)[C@H](C)NC(=O)CNC(=O)CCCCCN5C(=O)C=CC5=O)cc4)C[C@H]1C=N3)N=CC1CC(c3ccc(NC(=O)CNC(=O)C(NC(=O)CCCCCN4C(=O)C=CC4=O)C(C)C)cc3)=CN1C2=O. The van der Waals surface area contributed by atoms with Crippen LogP contribution in [-0.2, 0) is 47.9 Å². The van der Waals surface area contributed by atoms with Gasteiger partial charge in [0.1, 0.15) is 12.1 Å². The predicted molar refractivity (Wildman–Crippen MR) is 372 cm³/mol. The number of aliphatic imine (C=N–C) groups is 2. The van der Waals surface area contributed by atoms with Crippen LogP contribution in [0, 0.1) is 5.92 Å². The van der Waals surface area contributed by atoms with Crippen molar-refractivity contribution in [2.45, 2.75) is 116 Å². The lowest BCUT2D eigenvalue weighted by molar-refractivity contribution is -0.138. The molecule has 0 aliphatic carbocycles. The van der Waals surface area contributed by atoms with Crippen LogP contribution >= 0.6 is 0 Å². The lowest BCUT2D eigenvalue weighted by Gasteiger charge is -2.21. The number of hydrogen-bond donors (Lipinski definition) is 6. The van der Waals surface area contributed by atoms with Crippen molar-refractivity contribution in [2.75, 3.05) is 64.2 Å². The number of amides is 12. The first-order valence-electron chi connectivity index (χ1n) is 33.5. The number of carbonyl (C=O) groups is 12. The number of ether oxygens (including phenoxy) is 4. The van der Waals surface area contributed by atoms with E-state index in [0.717, 1.165) is 32.1 Å². The van der Waals surface area contributed by atoms with Crippen molar-refractivity contribution in [1.29, 1.82) is 0 Å². The van der Waals surface area contributed by atoms with E-state index in [4.69, 9.17) is 28.9 Å². The Labute approximate surface area is 582 Å². The first-order chi connectivity index (χ1) is 48.6. The van der Waals surface area contributed by atoms with Crippen molar-refractivity contribution >= 4 is 117 Å². The number of unbranched alkanes of at least 4 members (excludes halogenated alkanes) is 4. The maximum atomic E-state index is 14.2. The Bertz CT molecular complexity index is 4080. The second kappa shape index (κ2) is 33.3. The second-order valence-electron chi connectivity index (χ2n) is 25.1. The molecule has 0 saturated heterocycles. The Kier molecular flexibility index (Phi) is 23.8. The maximum Gasteiger partial charge on any atom is 0.260 e. The zero-order valence-electron chi connectivity index (χ0n) is 56.7. The van der Waals surface area contributed by atoms with Crippen LogP contribution in [0.25, 0.3) is 11.1 Å². The van der Waals surface area contributed by atoms with E-state index in [9.17, 15) is 57.5 Å². The van der Waals surface area contributed by atoms with E-state index in [-0.39, 0.29) is 117 Å². The molecule has 4 aromatic rings. The molecule has 0 saturated carbocycles. The molecule has 10 rings (SSSR count). The molecule has 6 N–H and O–H groups in total. The fourth-order valence-corrected chi connectivity index (χ4v) is 12.0. The summed E-state index contributed by atoms with van der Waals surface area (Å²) in [6, 6.07) is 18.2. The van der Waals surface area contributed by atoms with Gasteiger partial charge in [0.05, 0.1) is 75.1 Å². The number of rotatable bonds is 33. The number of nitrogens with zero attached hydrogens (tertiary/aromatic N) is 6. The Balaban J connectivity index is 0.640. The predicted octanol–water partition coefficient (Wildman–Crippen LogP) is 6.22. The van der Waals surface area contributed by atoms with Crippen LogP contribution in [0.2, 0.25) is 0 Å². The maximum absolute atomic E-state index is 14.2. The van der Waals surface area contributed by atoms with Gasteiger partial charge >= 0.3 is 0 Å². The van der Waals surface area contributed by atoms with Crippen LogP contribution in [0.1, 0.15) is 123 Å². The summed E-state index contributed by atoms with van der Waals surface area (Å²) >= 11 is 0. The van der Waals surface area contributed by atoms with Crippen molar-refractivity contribution < 1.29 is 76.5 Å². The molecule has 4 aromatic carbocycles.